The van der Waals surface area contributed by atoms with Crippen molar-refractivity contribution in [2.24, 2.45) is 5.73 Å². The van der Waals surface area contributed by atoms with E-state index in [9.17, 15) is 0 Å². The Hall–Kier alpha value is -0.480. The minimum atomic E-state index is -0.507. The largest absolute Gasteiger partial charge is 0.495 e. The third-order valence-electron chi connectivity index (χ3n) is 2.50. The van der Waals surface area contributed by atoms with Crippen LogP contribution in [-0.2, 0) is 10.3 Å². The van der Waals surface area contributed by atoms with Crippen molar-refractivity contribution in [3.8, 4) is 5.75 Å². The van der Waals surface area contributed by atoms with Gasteiger partial charge in [0.2, 0.25) is 0 Å². The van der Waals surface area contributed by atoms with Crippen LogP contribution in [-0.4, -0.2) is 20.3 Å². The van der Waals surface area contributed by atoms with E-state index in [0.717, 1.165) is 5.56 Å². The average Bonchev–Trinajstić information content (AvgIpc) is 2.17. The molecular formula is C10H11Cl2NO2. The molecule has 0 radical (unpaired) electrons. The van der Waals surface area contributed by atoms with Gasteiger partial charge in [-0.1, -0.05) is 23.2 Å². The Labute approximate surface area is 98.1 Å². The number of nitrogens with two attached hydrogens (primary N) is 1. The summed E-state index contributed by atoms with van der Waals surface area (Å²) in [5, 5.41) is 1.07. The first-order chi connectivity index (χ1) is 7.07. The highest BCUT2D eigenvalue weighted by atomic mass is 35.5. The average molecular weight is 248 g/mol. The summed E-state index contributed by atoms with van der Waals surface area (Å²) in [6.07, 6.45) is 0. The molecule has 82 valence electrons. The van der Waals surface area contributed by atoms with E-state index in [1.165, 1.54) is 0 Å². The van der Waals surface area contributed by atoms with Gasteiger partial charge >= 0.3 is 0 Å². The second-order valence-electron chi connectivity index (χ2n) is 3.62. The predicted octanol–water partition coefficient (Wildman–Crippen LogP) is 2.19. The molecule has 1 aliphatic heterocycles. The van der Waals surface area contributed by atoms with Crippen LogP contribution < -0.4 is 10.5 Å². The first kappa shape index (κ1) is 11.0. The number of methoxy groups -OCH3 is 1. The minimum Gasteiger partial charge on any atom is -0.495 e. The Morgan fingerprint density at radius 2 is 2.00 bits per heavy atom. The summed E-state index contributed by atoms with van der Waals surface area (Å²) in [4.78, 5) is 0. The topological polar surface area (TPSA) is 44.5 Å². The maximum Gasteiger partial charge on any atom is 0.138 e. The van der Waals surface area contributed by atoms with Crippen LogP contribution in [0.5, 0.6) is 5.75 Å². The SMILES string of the molecule is COc1cc(Cl)c(C2(N)COC2)cc1Cl. The molecule has 1 heterocycles. The second-order valence-corrected chi connectivity index (χ2v) is 4.43. The zero-order chi connectivity index (χ0) is 11.1. The molecule has 0 aliphatic carbocycles. The summed E-state index contributed by atoms with van der Waals surface area (Å²) in [6.45, 7) is 0.935. The number of benzene rings is 1. The Balaban J connectivity index is 2.45. The maximum absolute atomic E-state index is 6.10. The van der Waals surface area contributed by atoms with Crippen molar-refractivity contribution in [2.75, 3.05) is 20.3 Å². The molecule has 0 aromatic heterocycles. The lowest BCUT2D eigenvalue weighted by molar-refractivity contribution is -0.0568. The van der Waals surface area contributed by atoms with Gasteiger partial charge in [-0.05, 0) is 11.6 Å². The standard InChI is InChI=1S/C10H11Cl2NO2/c1-14-9-3-7(11)6(2-8(9)12)10(13)4-15-5-10/h2-3H,4-5,13H2,1H3. The zero-order valence-corrected chi connectivity index (χ0v) is 9.73. The van der Waals surface area contributed by atoms with E-state index in [1.807, 2.05) is 0 Å². The van der Waals surface area contributed by atoms with Gasteiger partial charge in [0.15, 0.2) is 0 Å². The number of ether oxygens (including phenoxy) is 2. The van der Waals surface area contributed by atoms with Gasteiger partial charge in [-0.15, -0.1) is 0 Å². The van der Waals surface area contributed by atoms with Crippen molar-refractivity contribution in [1.29, 1.82) is 0 Å². The predicted molar refractivity (Wildman–Crippen MR) is 59.7 cm³/mol. The molecule has 0 amide bonds. The van der Waals surface area contributed by atoms with E-state index in [-0.39, 0.29) is 0 Å². The highest BCUT2D eigenvalue weighted by Gasteiger charge is 2.38. The van der Waals surface area contributed by atoms with Crippen LogP contribution in [0.3, 0.4) is 0 Å². The molecule has 0 unspecified atom stereocenters. The van der Waals surface area contributed by atoms with Gasteiger partial charge in [-0.25, -0.2) is 0 Å². The zero-order valence-electron chi connectivity index (χ0n) is 8.22. The fourth-order valence-corrected chi connectivity index (χ4v) is 2.13. The van der Waals surface area contributed by atoms with Gasteiger partial charge in [-0.3, -0.25) is 0 Å². The van der Waals surface area contributed by atoms with Crippen LogP contribution >= 0.6 is 23.2 Å². The number of hydrogen-bond acceptors (Lipinski definition) is 3. The number of halogens is 2. The molecule has 0 bridgehead atoms. The molecule has 15 heavy (non-hydrogen) atoms. The van der Waals surface area contributed by atoms with E-state index >= 15 is 0 Å². The van der Waals surface area contributed by atoms with E-state index in [2.05, 4.69) is 0 Å². The van der Waals surface area contributed by atoms with E-state index < -0.39 is 5.54 Å². The molecule has 3 nitrogen and oxygen atoms in total. The molecule has 2 N–H and O–H groups in total. The van der Waals surface area contributed by atoms with Crippen molar-refractivity contribution in [1.82, 2.24) is 0 Å². The molecule has 2 rings (SSSR count). The smallest absolute Gasteiger partial charge is 0.138 e. The normalized spacial score (nSPS) is 18.4. The maximum atomic E-state index is 6.10. The lowest BCUT2D eigenvalue weighted by Crippen LogP contribution is -2.54. The minimum absolute atomic E-state index is 0.468. The molecule has 1 fully saturated rings. The van der Waals surface area contributed by atoms with Gasteiger partial charge < -0.3 is 15.2 Å². The quantitative estimate of drug-likeness (QED) is 0.872. The van der Waals surface area contributed by atoms with Crippen LogP contribution in [0.15, 0.2) is 12.1 Å². The molecule has 0 spiro atoms. The summed E-state index contributed by atoms with van der Waals surface area (Å²) in [7, 11) is 1.54. The van der Waals surface area contributed by atoms with Gasteiger partial charge in [0.25, 0.3) is 0 Å². The van der Waals surface area contributed by atoms with Crippen LogP contribution in [0.1, 0.15) is 5.56 Å². The van der Waals surface area contributed by atoms with Crippen LogP contribution in [0.25, 0.3) is 0 Å². The first-order valence-electron chi connectivity index (χ1n) is 4.47. The van der Waals surface area contributed by atoms with Gasteiger partial charge in [0.1, 0.15) is 5.75 Å². The Morgan fingerprint density at radius 3 is 2.47 bits per heavy atom. The monoisotopic (exact) mass is 247 g/mol. The van der Waals surface area contributed by atoms with Gasteiger partial charge in [-0.2, -0.15) is 0 Å². The molecular weight excluding hydrogens is 237 g/mol. The fraction of sp³-hybridized carbons (Fsp3) is 0.400. The molecule has 1 aliphatic rings. The summed E-state index contributed by atoms with van der Waals surface area (Å²) >= 11 is 12.1. The molecule has 1 aromatic carbocycles. The molecule has 5 heteroatoms. The van der Waals surface area contributed by atoms with E-state index in [0.29, 0.717) is 29.0 Å². The van der Waals surface area contributed by atoms with Gasteiger partial charge in [0, 0.05) is 11.1 Å². The van der Waals surface area contributed by atoms with E-state index in [4.69, 9.17) is 38.4 Å². The number of rotatable bonds is 2. The molecule has 0 saturated carbocycles. The van der Waals surface area contributed by atoms with Gasteiger partial charge in [0.05, 0.1) is 30.9 Å². The Kier molecular flexibility index (Phi) is 2.81. The molecule has 1 saturated heterocycles. The highest BCUT2D eigenvalue weighted by molar-refractivity contribution is 6.34. The fourth-order valence-electron chi connectivity index (χ4n) is 1.54. The van der Waals surface area contributed by atoms with Crippen molar-refractivity contribution < 1.29 is 9.47 Å². The molecule has 0 atom stereocenters. The van der Waals surface area contributed by atoms with E-state index in [1.54, 1.807) is 19.2 Å². The third kappa shape index (κ3) is 1.81. The van der Waals surface area contributed by atoms with Crippen molar-refractivity contribution in [3.05, 3.63) is 27.7 Å². The number of hydrogen-bond donors (Lipinski definition) is 1. The second kappa shape index (κ2) is 3.83. The van der Waals surface area contributed by atoms with Crippen molar-refractivity contribution >= 4 is 23.2 Å². The van der Waals surface area contributed by atoms with Crippen molar-refractivity contribution in [3.63, 3.8) is 0 Å². The third-order valence-corrected chi connectivity index (χ3v) is 3.11. The molecule has 1 aromatic rings. The van der Waals surface area contributed by atoms with Crippen LogP contribution in [0.2, 0.25) is 10.0 Å². The summed E-state index contributed by atoms with van der Waals surface area (Å²) in [5.74, 6) is 0.550. The summed E-state index contributed by atoms with van der Waals surface area (Å²) in [6, 6.07) is 3.41. The highest BCUT2D eigenvalue weighted by Crippen LogP contribution is 2.38. The Morgan fingerprint density at radius 1 is 1.33 bits per heavy atom. The lowest BCUT2D eigenvalue weighted by atomic mass is 9.89. The van der Waals surface area contributed by atoms with Crippen LogP contribution in [0.4, 0.5) is 0 Å². The van der Waals surface area contributed by atoms with Crippen molar-refractivity contribution in [2.45, 2.75) is 5.54 Å². The lowest BCUT2D eigenvalue weighted by Gasteiger charge is -2.38. The van der Waals surface area contributed by atoms with Crippen LogP contribution in [0, 0.1) is 0 Å². The first-order valence-corrected chi connectivity index (χ1v) is 5.22. The Bertz CT molecular complexity index is 391. The summed E-state index contributed by atoms with van der Waals surface area (Å²) < 4.78 is 10.1. The summed E-state index contributed by atoms with van der Waals surface area (Å²) in [5.41, 5.74) is 6.38.